The number of hydrogen-bond donors (Lipinski definition) is 2. The topological polar surface area (TPSA) is 47.9 Å². The molecular formula is C11H21N3O. The Morgan fingerprint density at radius 3 is 2.47 bits per heavy atom. The van der Waals surface area contributed by atoms with Gasteiger partial charge in [-0.15, -0.1) is 0 Å². The van der Waals surface area contributed by atoms with Gasteiger partial charge in [-0.3, -0.25) is 10.3 Å². The van der Waals surface area contributed by atoms with Crippen molar-refractivity contribution in [1.29, 1.82) is 0 Å². The molecule has 4 nitrogen and oxygen atoms in total. The minimum absolute atomic E-state index is 0.0133. The van der Waals surface area contributed by atoms with Gasteiger partial charge in [0.1, 0.15) is 12.3 Å². The lowest BCUT2D eigenvalue weighted by Crippen LogP contribution is -2.71. The zero-order chi connectivity index (χ0) is 10.8. The minimum atomic E-state index is -0.308. The summed E-state index contributed by atoms with van der Waals surface area (Å²) < 4.78 is 0. The number of nitrogens with one attached hydrogen (secondary N) is 1. The highest BCUT2D eigenvalue weighted by Gasteiger charge is 2.42. The molecule has 4 heteroatoms. The predicted molar refractivity (Wildman–Crippen MR) is 60.7 cm³/mol. The van der Waals surface area contributed by atoms with E-state index in [2.05, 4.69) is 17.1 Å². The number of nitrogens with zero attached hydrogens (tertiary/aromatic N) is 2. The lowest BCUT2D eigenvalue weighted by atomic mass is 9.92. The molecule has 2 N–H and O–H groups in total. The fourth-order valence-electron chi connectivity index (χ4n) is 2.63. The molecule has 2 rings (SSSR count). The van der Waals surface area contributed by atoms with E-state index >= 15 is 0 Å². The number of hydrogen-bond acceptors (Lipinski definition) is 4. The molecule has 2 unspecified atom stereocenters. The summed E-state index contributed by atoms with van der Waals surface area (Å²) in [5.74, 6) is 0. The van der Waals surface area contributed by atoms with Crippen molar-refractivity contribution in [3.05, 3.63) is 0 Å². The average Bonchev–Trinajstić information content (AvgIpc) is 2.30. The van der Waals surface area contributed by atoms with Gasteiger partial charge in [-0.1, -0.05) is 19.3 Å². The molecule has 2 aliphatic rings. The number of hydrazone groups is 1. The SMILES string of the molecule is C=NN(C1CCCCC1)C1N[C@H](C)C1O. The highest BCUT2D eigenvalue weighted by molar-refractivity contribution is 5.23. The van der Waals surface area contributed by atoms with E-state index in [1.807, 2.05) is 11.9 Å². The lowest BCUT2D eigenvalue weighted by molar-refractivity contribution is -0.0831. The summed E-state index contributed by atoms with van der Waals surface area (Å²) in [6.07, 6.45) is 5.91. The molecule has 1 aliphatic heterocycles. The van der Waals surface area contributed by atoms with Crippen molar-refractivity contribution in [1.82, 2.24) is 10.3 Å². The Kier molecular flexibility index (Phi) is 3.26. The molecule has 1 saturated heterocycles. The second-order valence-electron chi connectivity index (χ2n) is 4.70. The van der Waals surface area contributed by atoms with Gasteiger partial charge in [0, 0.05) is 18.8 Å². The molecule has 0 aromatic rings. The Balaban J connectivity index is 1.94. The molecule has 2 fully saturated rings. The quantitative estimate of drug-likeness (QED) is 0.539. The molecule has 3 atom stereocenters. The summed E-state index contributed by atoms with van der Waals surface area (Å²) in [7, 11) is 0. The first-order valence-corrected chi connectivity index (χ1v) is 5.93. The van der Waals surface area contributed by atoms with E-state index < -0.39 is 0 Å². The highest BCUT2D eigenvalue weighted by Crippen LogP contribution is 2.27. The largest absolute Gasteiger partial charge is 0.388 e. The van der Waals surface area contributed by atoms with Crippen molar-refractivity contribution in [3.63, 3.8) is 0 Å². The molecule has 0 aromatic heterocycles. The van der Waals surface area contributed by atoms with Gasteiger partial charge in [0.05, 0.1) is 0 Å². The van der Waals surface area contributed by atoms with Crippen LogP contribution in [0.4, 0.5) is 0 Å². The van der Waals surface area contributed by atoms with Crippen molar-refractivity contribution in [2.24, 2.45) is 5.10 Å². The third-order valence-corrected chi connectivity index (χ3v) is 3.67. The van der Waals surface area contributed by atoms with Crippen LogP contribution in [0.25, 0.3) is 0 Å². The van der Waals surface area contributed by atoms with Crippen LogP contribution in [-0.2, 0) is 0 Å². The van der Waals surface area contributed by atoms with Crippen LogP contribution in [0.15, 0.2) is 5.10 Å². The fraction of sp³-hybridized carbons (Fsp3) is 0.909. The van der Waals surface area contributed by atoms with Crippen LogP contribution in [0.1, 0.15) is 39.0 Å². The van der Waals surface area contributed by atoms with E-state index in [0.29, 0.717) is 6.04 Å². The van der Waals surface area contributed by atoms with Gasteiger partial charge < -0.3 is 5.11 Å². The number of rotatable bonds is 3. The van der Waals surface area contributed by atoms with Crippen LogP contribution in [0.3, 0.4) is 0 Å². The van der Waals surface area contributed by atoms with Gasteiger partial charge in [-0.2, -0.15) is 5.10 Å². The second kappa shape index (κ2) is 4.49. The third kappa shape index (κ3) is 2.01. The van der Waals surface area contributed by atoms with Gasteiger partial charge in [0.15, 0.2) is 0 Å². The summed E-state index contributed by atoms with van der Waals surface area (Å²) in [5.41, 5.74) is 0. The van der Waals surface area contributed by atoms with Gasteiger partial charge in [-0.05, 0) is 19.8 Å². The smallest absolute Gasteiger partial charge is 0.125 e. The molecule has 1 aliphatic carbocycles. The second-order valence-corrected chi connectivity index (χ2v) is 4.70. The van der Waals surface area contributed by atoms with Crippen molar-refractivity contribution in [3.8, 4) is 0 Å². The summed E-state index contributed by atoms with van der Waals surface area (Å²) >= 11 is 0. The molecule has 0 amide bonds. The Hall–Kier alpha value is -0.610. The molecule has 0 spiro atoms. The first-order chi connectivity index (χ1) is 7.24. The van der Waals surface area contributed by atoms with E-state index in [1.165, 1.54) is 32.1 Å². The zero-order valence-corrected chi connectivity index (χ0v) is 9.39. The van der Waals surface area contributed by atoms with E-state index in [1.54, 1.807) is 0 Å². The summed E-state index contributed by atoms with van der Waals surface area (Å²) in [4.78, 5) is 0. The Bertz CT molecular complexity index is 223. The molecule has 1 saturated carbocycles. The number of aliphatic hydroxyl groups is 1. The van der Waals surface area contributed by atoms with Crippen molar-refractivity contribution in [2.75, 3.05) is 0 Å². The third-order valence-electron chi connectivity index (χ3n) is 3.67. The Morgan fingerprint density at radius 2 is 2.00 bits per heavy atom. The molecule has 86 valence electrons. The van der Waals surface area contributed by atoms with E-state index in [4.69, 9.17) is 0 Å². The van der Waals surface area contributed by atoms with Gasteiger partial charge in [0.2, 0.25) is 0 Å². The molecule has 0 radical (unpaired) electrons. The summed E-state index contributed by atoms with van der Waals surface area (Å²) in [5, 5.41) is 19.2. The summed E-state index contributed by atoms with van der Waals surface area (Å²) in [6, 6.07) is 0.652. The molecule has 0 bridgehead atoms. The first-order valence-electron chi connectivity index (χ1n) is 5.93. The summed E-state index contributed by atoms with van der Waals surface area (Å²) in [6.45, 7) is 5.61. The Labute approximate surface area is 91.3 Å². The van der Waals surface area contributed by atoms with Gasteiger partial charge >= 0.3 is 0 Å². The van der Waals surface area contributed by atoms with Crippen molar-refractivity contribution >= 4 is 6.72 Å². The van der Waals surface area contributed by atoms with E-state index in [9.17, 15) is 5.11 Å². The van der Waals surface area contributed by atoms with Crippen LogP contribution in [0.2, 0.25) is 0 Å². The molecule has 0 aromatic carbocycles. The van der Waals surface area contributed by atoms with Gasteiger partial charge in [-0.25, -0.2) is 0 Å². The molecule has 1 heterocycles. The molecule has 15 heavy (non-hydrogen) atoms. The van der Waals surface area contributed by atoms with Crippen LogP contribution in [-0.4, -0.2) is 41.2 Å². The monoisotopic (exact) mass is 211 g/mol. The maximum absolute atomic E-state index is 9.82. The lowest BCUT2D eigenvalue weighted by Gasteiger charge is -2.49. The normalized spacial score (nSPS) is 37.1. The zero-order valence-electron chi connectivity index (χ0n) is 9.39. The minimum Gasteiger partial charge on any atom is -0.388 e. The standard InChI is InChI=1S/C11H21N3O/c1-8-10(15)11(13-8)14(12-2)9-6-4-3-5-7-9/h8-11,13,15H,2-7H2,1H3/t8-,10?,11?/m1/s1. The number of aliphatic hydroxyl groups excluding tert-OH is 1. The first kappa shape index (κ1) is 10.9. The van der Waals surface area contributed by atoms with Crippen LogP contribution in [0.5, 0.6) is 0 Å². The van der Waals surface area contributed by atoms with Crippen LogP contribution in [0, 0.1) is 0 Å². The van der Waals surface area contributed by atoms with Crippen molar-refractivity contribution in [2.45, 2.75) is 63.4 Å². The Morgan fingerprint density at radius 1 is 1.33 bits per heavy atom. The van der Waals surface area contributed by atoms with Gasteiger partial charge in [0.25, 0.3) is 0 Å². The highest BCUT2D eigenvalue weighted by atomic mass is 16.3. The maximum Gasteiger partial charge on any atom is 0.125 e. The molecular weight excluding hydrogens is 190 g/mol. The van der Waals surface area contributed by atoms with Crippen LogP contribution < -0.4 is 5.32 Å². The fourth-order valence-corrected chi connectivity index (χ4v) is 2.63. The maximum atomic E-state index is 9.82. The van der Waals surface area contributed by atoms with Crippen molar-refractivity contribution < 1.29 is 5.11 Å². The van der Waals surface area contributed by atoms with E-state index in [0.717, 1.165) is 0 Å². The van der Waals surface area contributed by atoms with Crippen LogP contribution >= 0.6 is 0 Å². The predicted octanol–water partition coefficient (Wildman–Crippen LogP) is 0.915. The van der Waals surface area contributed by atoms with E-state index in [-0.39, 0.29) is 18.3 Å². The average molecular weight is 211 g/mol.